The third-order valence-electron chi connectivity index (χ3n) is 3.85. The maximum Gasteiger partial charge on any atom is 0.238 e. The largest absolute Gasteiger partial charge is 0.325 e. The number of amides is 1. The Kier molecular flexibility index (Phi) is 4.88. The molecule has 0 spiro atoms. The lowest BCUT2D eigenvalue weighted by atomic mass is 10.1. The number of benzene rings is 1. The van der Waals surface area contributed by atoms with Gasteiger partial charge in [0.2, 0.25) is 15.9 Å². The maximum atomic E-state index is 12.2. The SMILES string of the molecule is NS(=O)(=O)c1ccc(CCN2C(=O)CSC2c2ccncc2)cc1. The summed E-state index contributed by atoms with van der Waals surface area (Å²) in [6, 6.07) is 10.3. The first-order valence-electron chi connectivity index (χ1n) is 7.38. The number of rotatable bonds is 5. The van der Waals surface area contributed by atoms with Crippen molar-refractivity contribution >= 4 is 27.7 Å². The standard InChI is InChI=1S/C16H17N3O3S2/c17-24(21,22)14-3-1-12(2-4-14)7-10-19-15(20)11-23-16(19)13-5-8-18-9-6-13/h1-6,8-9,16H,7,10-11H2,(H2,17,21,22). The summed E-state index contributed by atoms with van der Waals surface area (Å²) in [4.78, 5) is 18.1. The van der Waals surface area contributed by atoms with Gasteiger partial charge in [-0.2, -0.15) is 0 Å². The molecule has 1 saturated heterocycles. The highest BCUT2D eigenvalue weighted by molar-refractivity contribution is 8.00. The molecule has 2 N–H and O–H groups in total. The van der Waals surface area contributed by atoms with Crippen LogP contribution in [-0.2, 0) is 21.2 Å². The zero-order chi connectivity index (χ0) is 17.2. The minimum Gasteiger partial charge on any atom is -0.325 e. The van der Waals surface area contributed by atoms with E-state index < -0.39 is 10.0 Å². The van der Waals surface area contributed by atoms with Crippen molar-refractivity contribution in [3.05, 3.63) is 59.9 Å². The highest BCUT2D eigenvalue weighted by Crippen LogP contribution is 2.38. The number of carbonyl (C=O) groups is 1. The van der Waals surface area contributed by atoms with Crippen LogP contribution in [-0.4, -0.2) is 36.5 Å². The monoisotopic (exact) mass is 363 g/mol. The van der Waals surface area contributed by atoms with E-state index in [-0.39, 0.29) is 16.2 Å². The minimum atomic E-state index is -3.68. The number of hydrogen-bond donors (Lipinski definition) is 1. The Morgan fingerprint density at radius 1 is 1.17 bits per heavy atom. The van der Waals surface area contributed by atoms with Gasteiger partial charge < -0.3 is 4.90 Å². The minimum absolute atomic E-state index is 0.00388. The lowest BCUT2D eigenvalue weighted by Crippen LogP contribution is -2.30. The summed E-state index contributed by atoms with van der Waals surface area (Å²) >= 11 is 1.61. The van der Waals surface area contributed by atoms with Crippen LogP contribution in [0, 0.1) is 0 Å². The predicted molar refractivity (Wildman–Crippen MR) is 92.7 cm³/mol. The summed E-state index contributed by atoms with van der Waals surface area (Å²) in [5, 5.41) is 5.10. The zero-order valence-electron chi connectivity index (χ0n) is 12.8. The number of sulfonamides is 1. The van der Waals surface area contributed by atoms with E-state index in [0.29, 0.717) is 18.7 Å². The van der Waals surface area contributed by atoms with E-state index in [9.17, 15) is 13.2 Å². The molecule has 0 aliphatic carbocycles. The highest BCUT2D eigenvalue weighted by atomic mass is 32.2. The Hall–Kier alpha value is -1.90. The van der Waals surface area contributed by atoms with Crippen LogP contribution in [0.2, 0.25) is 0 Å². The van der Waals surface area contributed by atoms with Crippen LogP contribution in [0.4, 0.5) is 0 Å². The smallest absolute Gasteiger partial charge is 0.238 e. The summed E-state index contributed by atoms with van der Waals surface area (Å²) < 4.78 is 22.5. The molecule has 126 valence electrons. The molecular weight excluding hydrogens is 346 g/mol. The second-order valence-corrected chi connectivity index (χ2v) is 8.10. The predicted octanol–water partition coefficient (Wildman–Crippen LogP) is 1.55. The first-order chi connectivity index (χ1) is 11.4. The first kappa shape index (κ1) is 16.9. The van der Waals surface area contributed by atoms with Gasteiger partial charge in [0.1, 0.15) is 5.37 Å². The van der Waals surface area contributed by atoms with Crippen molar-refractivity contribution in [3.8, 4) is 0 Å². The maximum absolute atomic E-state index is 12.2. The summed E-state index contributed by atoms with van der Waals surface area (Å²) in [5.74, 6) is 0.583. The summed E-state index contributed by atoms with van der Waals surface area (Å²) in [6.45, 7) is 0.577. The molecule has 1 aromatic carbocycles. The molecule has 8 heteroatoms. The van der Waals surface area contributed by atoms with Crippen molar-refractivity contribution in [1.82, 2.24) is 9.88 Å². The van der Waals surface area contributed by atoms with Crippen LogP contribution in [0.1, 0.15) is 16.5 Å². The van der Waals surface area contributed by atoms with E-state index in [2.05, 4.69) is 4.98 Å². The van der Waals surface area contributed by atoms with E-state index in [4.69, 9.17) is 5.14 Å². The molecule has 3 rings (SSSR count). The Balaban J connectivity index is 1.69. The van der Waals surface area contributed by atoms with Crippen molar-refractivity contribution in [2.24, 2.45) is 5.14 Å². The number of pyridine rings is 1. The molecule has 0 radical (unpaired) electrons. The molecule has 6 nitrogen and oxygen atoms in total. The average molecular weight is 363 g/mol. The second kappa shape index (κ2) is 6.92. The number of primary sulfonamides is 1. The molecule has 1 fully saturated rings. The van der Waals surface area contributed by atoms with Gasteiger partial charge in [-0.3, -0.25) is 9.78 Å². The molecule has 1 atom stereocenters. The van der Waals surface area contributed by atoms with Gasteiger partial charge in [0.15, 0.2) is 0 Å². The Morgan fingerprint density at radius 2 is 1.83 bits per heavy atom. The number of nitrogens with two attached hydrogens (primary N) is 1. The molecule has 1 aromatic heterocycles. The lowest BCUT2D eigenvalue weighted by molar-refractivity contribution is -0.128. The molecule has 1 unspecified atom stereocenters. The van der Waals surface area contributed by atoms with Crippen LogP contribution in [0.25, 0.3) is 0 Å². The van der Waals surface area contributed by atoms with Gasteiger partial charge in [-0.15, -0.1) is 11.8 Å². The number of thioether (sulfide) groups is 1. The van der Waals surface area contributed by atoms with Gasteiger partial charge in [0, 0.05) is 18.9 Å². The number of hydrogen-bond acceptors (Lipinski definition) is 5. The molecule has 2 aromatic rings. The molecule has 1 amide bonds. The number of nitrogens with zero attached hydrogens (tertiary/aromatic N) is 2. The van der Waals surface area contributed by atoms with E-state index >= 15 is 0 Å². The Morgan fingerprint density at radius 3 is 2.46 bits per heavy atom. The fraction of sp³-hybridized carbons (Fsp3) is 0.250. The van der Waals surface area contributed by atoms with Gasteiger partial charge >= 0.3 is 0 Å². The molecule has 24 heavy (non-hydrogen) atoms. The van der Waals surface area contributed by atoms with Gasteiger partial charge in [0.25, 0.3) is 0 Å². The van der Waals surface area contributed by atoms with Crippen LogP contribution in [0.5, 0.6) is 0 Å². The van der Waals surface area contributed by atoms with E-state index in [0.717, 1.165) is 11.1 Å². The van der Waals surface area contributed by atoms with Gasteiger partial charge in [-0.05, 0) is 41.8 Å². The van der Waals surface area contributed by atoms with Crippen molar-refractivity contribution in [1.29, 1.82) is 0 Å². The van der Waals surface area contributed by atoms with Crippen LogP contribution >= 0.6 is 11.8 Å². The molecule has 1 aliphatic rings. The Labute approximate surface area is 145 Å². The van der Waals surface area contributed by atoms with Gasteiger partial charge in [-0.25, -0.2) is 13.6 Å². The fourth-order valence-corrected chi connectivity index (χ4v) is 4.33. The van der Waals surface area contributed by atoms with E-state index in [1.165, 1.54) is 12.1 Å². The molecule has 1 aliphatic heterocycles. The van der Waals surface area contributed by atoms with Crippen molar-refractivity contribution in [2.75, 3.05) is 12.3 Å². The third kappa shape index (κ3) is 3.77. The summed E-state index contributed by atoms with van der Waals surface area (Å²) in [6.07, 6.45) is 4.10. The van der Waals surface area contributed by atoms with E-state index in [1.54, 1.807) is 36.3 Å². The molecule has 0 saturated carbocycles. The summed E-state index contributed by atoms with van der Waals surface area (Å²) in [5.41, 5.74) is 2.02. The fourth-order valence-electron chi connectivity index (χ4n) is 2.60. The van der Waals surface area contributed by atoms with Crippen LogP contribution in [0.15, 0.2) is 53.7 Å². The first-order valence-corrected chi connectivity index (χ1v) is 9.97. The lowest BCUT2D eigenvalue weighted by Gasteiger charge is -2.24. The van der Waals surface area contributed by atoms with Gasteiger partial charge in [0.05, 0.1) is 10.6 Å². The zero-order valence-corrected chi connectivity index (χ0v) is 14.5. The molecule has 2 heterocycles. The highest BCUT2D eigenvalue weighted by Gasteiger charge is 2.32. The van der Waals surface area contributed by atoms with Crippen molar-refractivity contribution < 1.29 is 13.2 Å². The second-order valence-electron chi connectivity index (χ2n) is 5.47. The quantitative estimate of drug-likeness (QED) is 0.870. The Bertz CT molecular complexity index is 823. The van der Waals surface area contributed by atoms with E-state index in [1.807, 2.05) is 17.0 Å². The third-order valence-corrected chi connectivity index (χ3v) is 6.04. The molecular formula is C16H17N3O3S2. The van der Waals surface area contributed by atoms with Gasteiger partial charge in [-0.1, -0.05) is 12.1 Å². The van der Waals surface area contributed by atoms with Crippen molar-refractivity contribution in [2.45, 2.75) is 16.7 Å². The number of carbonyl (C=O) groups excluding carboxylic acids is 1. The average Bonchev–Trinajstić information content (AvgIpc) is 2.94. The topological polar surface area (TPSA) is 93.4 Å². The van der Waals surface area contributed by atoms with Crippen LogP contribution in [0.3, 0.4) is 0 Å². The molecule has 0 bridgehead atoms. The number of aromatic nitrogens is 1. The summed E-state index contributed by atoms with van der Waals surface area (Å²) in [7, 11) is -3.68. The van der Waals surface area contributed by atoms with Crippen LogP contribution < -0.4 is 5.14 Å². The van der Waals surface area contributed by atoms with Crippen molar-refractivity contribution in [3.63, 3.8) is 0 Å². The normalized spacial score (nSPS) is 18.1.